The van der Waals surface area contributed by atoms with Gasteiger partial charge in [0.15, 0.2) is 0 Å². The fourth-order valence-electron chi connectivity index (χ4n) is 3.00. The number of carboxylic acids is 1. The quantitative estimate of drug-likeness (QED) is 0.212. The van der Waals surface area contributed by atoms with Crippen molar-refractivity contribution in [2.24, 2.45) is 23.5 Å². The zero-order chi connectivity index (χ0) is 24.3. The van der Waals surface area contributed by atoms with Gasteiger partial charge in [0.05, 0.1) is 6.04 Å². The molecule has 5 unspecified atom stereocenters. The zero-order valence-corrected chi connectivity index (χ0v) is 20.4. The average Bonchev–Trinajstić information content (AvgIpc) is 2.67. The highest BCUT2D eigenvalue weighted by Crippen LogP contribution is 2.12. The van der Waals surface area contributed by atoms with E-state index in [2.05, 4.69) is 28.6 Å². The molecule has 0 rings (SSSR count). The van der Waals surface area contributed by atoms with E-state index < -0.39 is 47.9 Å². The molecule has 0 aliphatic rings. The number of hydrogen-bond acceptors (Lipinski definition) is 6. The average molecular weight is 461 g/mol. The van der Waals surface area contributed by atoms with Crippen molar-refractivity contribution in [2.75, 3.05) is 5.75 Å². The molecule has 9 nitrogen and oxygen atoms in total. The third kappa shape index (κ3) is 10.9. The number of nitrogens with one attached hydrogen (secondary N) is 3. The Labute approximate surface area is 191 Å². The number of thiol groups is 1. The van der Waals surface area contributed by atoms with Crippen LogP contribution in [0.4, 0.5) is 0 Å². The summed E-state index contributed by atoms with van der Waals surface area (Å²) in [5, 5.41) is 17.0. The number of carbonyl (C=O) groups excluding carboxylic acids is 3. The topological polar surface area (TPSA) is 151 Å². The van der Waals surface area contributed by atoms with Crippen LogP contribution >= 0.6 is 12.6 Å². The van der Waals surface area contributed by atoms with E-state index in [4.69, 9.17) is 5.73 Å². The first-order valence-corrected chi connectivity index (χ1v) is 11.5. The van der Waals surface area contributed by atoms with Crippen LogP contribution in [0.3, 0.4) is 0 Å². The van der Waals surface area contributed by atoms with Crippen LogP contribution in [-0.2, 0) is 19.2 Å². The molecular formula is C21H40N4O5S. The molecule has 0 aliphatic heterocycles. The van der Waals surface area contributed by atoms with Gasteiger partial charge in [0.1, 0.15) is 18.1 Å². The molecule has 3 amide bonds. The number of carboxylic acid groups (broad SMARTS) is 1. The molecule has 0 fully saturated rings. The van der Waals surface area contributed by atoms with Crippen molar-refractivity contribution < 1.29 is 24.3 Å². The van der Waals surface area contributed by atoms with Gasteiger partial charge in [0.2, 0.25) is 17.7 Å². The van der Waals surface area contributed by atoms with Gasteiger partial charge in [0.25, 0.3) is 0 Å². The molecule has 0 saturated carbocycles. The van der Waals surface area contributed by atoms with Gasteiger partial charge in [0, 0.05) is 5.75 Å². The molecule has 5 atom stereocenters. The van der Waals surface area contributed by atoms with E-state index in [0.29, 0.717) is 19.3 Å². The second-order valence-corrected chi connectivity index (χ2v) is 9.25. The molecule has 0 aromatic rings. The summed E-state index contributed by atoms with van der Waals surface area (Å²) in [4.78, 5) is 49.4. The van der Waals surface area contributed by atoms with Gasteiger partial charge in [-0.1, -0.05) is 48.0 Å². The van der Waals surface area contributed by atoms with Crippen LogP contribution in [0.5, 0.6) is 0 Å². The van der Waals surface area contributed by atoms with Crippen LogP contribution in [-0.4, -0.2) is 58.7 Å². The van der Waals surface area contributed by atoms with E-state index in [1.54, 1.807) is 6.92 Å². The molecule has 0 saturated heterocycles. The van der Waals surface area contributed by atoms with E-state index in [1.807, 2.05) is 34.6 Å². The maximum absolute atomic E-state index is 13.0. The monoisotopic (exact) mass is 460 g/mol. The smallest absolute Gasteiger partial charge is 0.327 e. The Morgan fingerprint density at radius 1 is 0.839 bits per heavy atom. The van der Waals surface area contributed by atoms with E-state index in [0.717, 1.165) is 0 Å². The number of carbonyl (C=O) groups is 4. The van der Waals surface area contributed by atoms with Crippen LogP contribution in [0.1, 0.15) is 60.8 Å². The lowest BCUT2D eigenvalue weighted by atomic mass is 9.96. The maximum atomic E-state index is 13.0. The van der Waals surface area contributed by atoms with Gasteiger partial charge in [-0.15, -0.1) is 0 Å². The molecular weight excluding hydrogens is 420 g/mol. The first-order valence-electron chi connectivity index (χ1n) is 10.8. The van der Waals surface area contributed by atoms with Crippen molar-refractivity contribution in [3.05, 3.63) is 0 Å². The number of nitrogens with two attached hydrogens (primary N) is 1. The number of aliphatic carboxylic acids is 1. The van der Waals surface area contributed by atoms with Crippen molar-refractivity contribution >= 4 is 36.3 Å². The maximum Gasteiger partial charge on any atom is 0.327 e. The first kappa shape index (κ1) is 29.2. The summed E-state index contributed by atoms with van der Waals surface area (Å²) in [7, 11) is 0. The number of rotatable bonds is 14. The zero-order valence-electron chi connectivity index (χ0n) is 19.5. The Hall–Kier alpha value is -1.81. The Balaban J connectivity index is 5.46. The number of amides is 3. The first-order chi connectivity index (χ1) is 14.3. The Morgan fingerprint density at radius 3 is 1.77 bits per heavy atom. The molecule has 0 aliphatic carbocycles. The van der Waals surface area contributed by atoms with Gasteiger partial charge in [-0.05, 0) is 30.6 Å². The van der Waals surface area contributed by atoms with Crippen LogP contribution in [0.2, 0.25) is 0 Å². The fourth-order valence-corrected chi connectivity index (χ4v) is 3.25. The van der Waals surface area contributed by atoms with Crippen molar-refractivity contribution in [1.29, 1.82) is 0 Å². The van der Waals surface area contributed by atoms with Crippen molar-refractivity contribution in [2.45, 2.75) is 85.0 Å². The Bertz CT molecular complexity index is 615. The second-order valence-electron chi connectivity index (χ2n) is 8.88. The Morgan fingerprint density at radius 2 is 1.35 bits per heavy atom. The molecule has 0 radical (unpaired) electrons. The largest absolute Gasteiger partial charge is 0.480 e. The normalized spacial score (nSPS) is 16.2. The van der Waals surface area contributed by atoms with Crippen LogP contribution in [0, 0.1) is 17.8 Å². The molecule has 31 heavy (non-hydrogen) atoms. The summed E-state index contributed by atoms with van der Waals surface area (Å²) < 4.78 is 0. The van der Waals surface area contributed by atoms with Crippen LogP contribution in [0.15, 0.2) is 0 Å². The minimum atomic E-state index is -1.21. The van der Waals surface area contributed by atoms with E-state index in [-0.39, 0.29) is 23.5 Å². The molecule has 6 N–H and O–H groups in total. The summed E-state index contributed by atoms with van der Waals surface area (Å²) >= 11 is 3.95. The van der Waals surface area contributed by atoms with Gasteiger partial charge < -0.3 is 26.8 Å². The highest BCUT2D eigenvalue weighted by molar-refractivity contribution is 7.80. The lowest BCUT2D eigenvalue weighted by Gasteiger charge is -2.28. The predicted molar refractivity (Wildman–Crippen MR) is 124 cm³/mol. The van der Waals surface area contributed by atoms with Gasteiger partial charge >= 0.3 is 5.97 Å². The summed E-state index contributed by atoms with van der Waals surface area (Å²) in [6.45, 7) is 11.4. The molecule has 180 valence electrons. The lowest BCUT2D eigenvalue weighted by molar-refractivity contribution is -0.142. The molecule has 0 spiro atoms. The fraction of sp³-hybridized carbons (Fsp3) is 0.810. The second kappa shape index (κ2) is 14.3. The highest BCUT2D eigenvalue weighted by atomic mass is 32.1. The summed E-state index contributed by atoms with van der Waals surface area (Å²) in [5.41, 5.74) is 5.94. The van der Waals surface area contributed by atoms with Crippen LogP contribution < -0.4 is 21.7 Å². The lowest BCUT2D eigenvalue weighted by Crippen LogP contribution is -2.59. The Kier molecular flexibility index (Phi) is 13.5. The third-order valence-corrected chi connectivity index (χ3v) is 5.36. The van der Waals surface area contributed by atoms with Gasteiger partial charge in [-0.3, -0.25) is 14.4 Å². The molecule has 10 heteroatoms. The van der Waals surface area contributed by atoms with Crippen molar-refractivity contribution in [3.8, 4) is 0 Å². The SMILES string of the molecule is CCC(C)C(NC(=O)C(CC(C)C)NC(=O)C(N)CC(C)C)C(=O)NC(CS)C(=O)O. The summed E-state index contributed by atoms with van der Waals surface area (Å²) in [6, 6.07) is -3.71. The predicted octanol–water partition coefficient (Wildman–Crippen LogP) is 0.921. The van der Waals surface area contributed by atoms with E-state index >= 15 is 0 Å². The molecule has 0 bridgehead atoms. The third-order valence-electron chi connectivity index (χ3n) is 4.99. The van der Waals surface area contributed by atoms with Gasteiger partial charge in [-0.2, -0.15) is 12.6 Å². The minimum absolute atomic E-state index is 0.0813. The molecule has 0 heterocycles. The van der Waals surface area contributed by atoms with Crippen LogP contribution in [0.25, 0.3) is 0 Å². The van der Waals surface area contributed by atoms with Crippen molar-refractivity contribution in [3.63, 3.8) is 0 Å². The molecule has 0 aromatic heterocycles. The highest BCUT2D eigenvalue weighted by Gasteiger charge is 2.32. The van der Waals surface area contributed by atoms with Crippen molar-refractivity contribution in [1.82, 2.24) is 16.0 Å². The molecule has 0 aromatic carbocycles. The van der Waals surface area contributed by atoms with E-state index in [9.17, 15) is 24.3 Å². The van der Waals surface area contributed by atoms with E-state index in [1.165, 1.54) is 0 Å². The van der Waals surface area contributed by atoms with Gasteiger partial charge in [-0.25, -0.2) is 4.79 Å². The standard InChI is InChI=1S/C21H40N4O5S/c1-7-13(6)17(20(28)24-16(10-31)21(29)30)25-19(27)15(9-12(4)5)23-18(26)14(22)8-11(2)3/h11-17,31H,7-10,22H2,1-6H3,(H,23,26)(H,24,28)(H,25,27)(H,29,30). The summed E-state index contributed by atoms with van der Waals surface area (Å²) in [5.74, 6) is -2.73. The summed E-state index contributed by atoms with van der Waals surface area (Å²) in [6.07, 6.45) is 1.44. The minimum Gasteiger partial charge on any atom is -0.480 e. The number of hydrogen-bond donors (Lipinski definition) is 6.